The maximum Gasteiger partial charge on any atom is 0.253 e. The number of aromatic nitrogens is 1. The molecule has 1 aliphatic rings. The van der Waals surface area contributed by atoms with Crippen molar-refractivity contribution in [1.29, 1.82) is 0 Å². The molecule has 5 nitrogen and oxygen atoms in total. The van der Waals surface area contributed by atoms with Gasteiger partial charge >= 0.3 is 0 Å². The fourth-order valence-corrected chi connectivity index (χ4v) is 3.84. The molecule has 1 fully saturated rings. The largest absolute Gasteiger partial charge is 0.455 e. The first-order valence-electron chi connectivity index (χ1n) is 10.1. The first kappa shape index (κ1) is 20.4. The third-order valence-electron chi connectivity index (χ3n) is 5.18. The Bertz CT molecular complexity index is 997. The molecule has 4 rings (SSSR count). The van der Waals surface area contributed by atoms with E-state index in [0.717, 1.165) is 49.7 Å². The Hall–Kier alpha value is -2.89. The zero-order chi connectivity index (χ0) is 20.8. The van der Waals surface area contributed by atoms with Gasteiger partial charge in [0.2, 0.25) is 0 Å². The van der Waals surface area contributed by atoms with Crippen LogP contribution in [0.4, 0.5) is 0 Å². The zero-order valence-corrected chi connectivity index (χ0v) is 17.5. The monoisotopic (exact) mass is 421 g/mol. The van der Waals surface area contributed by atoms with Crippen molar-refractivity contribution in [1.82, 2.24) is 14.8 Å². The molecule has 0 saturated carbocycles. The van der Waals surface area contributed by atoms with Crippen molar-refractivity contribution in [3.8, 4) is 11.5 Å². The van der Waals surface area contributed by atoms with Crippen LogP contribution in [0.25, 0.3) is 0 Å². The number of benzene rings is 2. The van der Waals surface area contributed by atoms with Crippen LogP contribution < -0.4 is 4.74 Å². The van der Waals surface area contributed by atoms with Gasteiger partial charge in [0.05, 0.1) is 6.20 Å². The molecule has 1 aromatic heterocycles. The highest BCUT2D eigenvalue weighted by Gasteiger charge is 2.21. The van der Waals surface area contributed by atoms with Crippen molar-refractivity contribution in [2.45, 2.75) is 13.0 Å². The van der Waals surface area contributed by atoms with Gasteiger partial charge in [0.15, 0.2) is 0 Å². The van der Waals surface area contributed by atoms with Gasteiger partial charge in [-0.2, -0.15) is 0 Å². The van der Waals surface area contributed by atoms with Crippen LogP contribution in [0, 0.1) is 0 Å². The summed E-state index contributed by atoms with van der Waals surface area (Å²) < 4.78 is 6.04. The second-order valence-corrected chi connectivity index (χ2v) is 7.77. The molecule has 1 saturated heterocycles. The van der Waals surface area contributed by atoms with Gasteiger partial charge in [0.1, 0.15) is 11.5 Å². The van der Waals surface area contributed by atoms with Crippen LogP contribution in [0.1, 0.15) is 22.3 Å². The second-order valence-electron chi connectivity index (χ2n) is 7.33. The smallest absolute Gasteiger partial charge is 0.253 e. The summed E-state index contributed by atoms with van der Waals surface area (Å²) in [5, 5.41) is 0.586. The topological polar surface area (TPSA) is 45.7 Å². The maximum absolute atomic E-state index is 12.8. The van der Waals surface area contributed by atoms with Crippen LogP contribution >= 0.6 is 11.6 Å². The summed E-state index contributed by atoms with van der Waals surface area (Å²) in [6.07, 6.45) is 4.37. The summed E-state index contributed by atoms with van der Waals surface area (Å²) in [4.78, 5) is 21.3. The van der Waals surface area contributed by atoms with E-state index >= 15 is 0 Å². The molecule has 1 aliphatic heterocycles. The molecule has 0 N–H and O–H groups in total. The van der Waals surface area contributed by atoms with Crippen molar-refractivity contribution in [3.05, 3.63) is 89.2 Å². The maximum atomic E-state index is 12.8. The SMILES string of the molecule is O=C(c1cccc(Cl)c1)N1CCCN(Cc2ccccc2Oc2cccnc2)CC1. The van der Waals surface area contributed by atoms with Crippen LogP contribution in [0.15, 0.2) is 73.1 Å². The van der Waals surface area contributed by atoms with Crippen molar-refractivity contribution in [3.63, 3.8) is 0 Å². The van der Waals surface area contributed by atoms with E-state index in [-0.39, 0.29) is 5.91 Å². The van der Waals surface area contributed by atoms with Crippen LogP contribution in [0.2, 0.25) is 5.02 Å². The highest BCUT2D eigenvalue weighted by atomic mass is 35.5. The Morgan fingerprint density at radius 3 is 2.73 bits per heavy atom. The number of ether oxygens (including phenoxy) is 1. The molecule has 0 bridgehead atoms. The average molecular weight is 422 g/mol. The first-order valence-corrected chi connectivity index (χ1v) is 10.5. The molecule has 1 amide bonds. The van der Waals surface area contributed by atoms with E-state index in [0.29, 0.717) is 17.1 Å². The number of carbonyl (C=O) groups excluding carboxylic acids is 1. The lowest BCUT2D eigenvalue weighted by atomic mass is 10.2. The number of halogens is 1. The van der Waals surface area contributed by atoms with E-state index < -0.39 is 0 Å². The van der Waals surface area contributed by atoms with Gasteiger partial charge in [0.25, 0.3) is 5.91 Å². The van der Waals surface area contributed by atoms with Crippen molar-refractivity contribution in [2.24, 2.45) is 0 Å². The van der Waals surface area contributed by atoms with E-state index in [1.165, 1.54) is 0 Å². The van der Waals surface area contributed by atoms with Crippen LogP contribution in [-0.2, 0) is 6.54 Å². The van der Waals surface area contributed by atoms with Crippen molar-refractivity contribution < 1.29 is 9.53 Å². The zero-order valence-electron chi connectivity index (χ0n) is 16.7. The van der Waals surface area contributed by atoms with Gasteiger partial charge in [-0.3, -0.25) is 14.7 Å². The third kappa shape index (κ3) is 5.17. The van der Waals surface area contributed by atoms with Crippen LogP contribution in [0.5, 0.6) is 11.5 Å². The summed E-state index contributed by atoms with van der Waals surface area (Å²) in [7, 11) is 0. The van der Waals surface area contributed by atoms with Gasteiger partial charge in [-0.15, -0.1) is 0 Å². The average Bonchev–Trinajstić information content (AvgIpc) is 3.01. The second kappa shape index (κ2) is 9.74. The highest BCUT2D eigenvalue weighted by molar-refractivity contribution is 6.30. The lowest BCUT2D eigenvalue weighted by molar-refractivity contribution is 0.0761. The number of rotatable bonds is 5. The number of para-hydroxylation sites is 1. The minimum Gasteiger partial charge on any atom is -0.455 e. The number of amides is 1. The Morgan fingerprint density at radius 1 is 1.00 bits per heavy atom. The molecule has 0 atom stereocenters. The number of hydrogen-bond donors (Lipinski definition) is 0. The molecule has 2 aromatic carbocycles. The number of nitrogens with zero attached hydrogens (tertiary/aromatic N) is 3. The predicted octanol–water partition coefficient (Wildman–Crippen LogP) is 4.88. The molecule has 3 aromatic rings. The molecule has 0 aliphatic carbocycles. The number of pyridine rings is 1. The number of carbonyl (C=O) groups is 1. The normalized spacial score (nSPS) is 14.9. The highest BCUT2D eigenvalue weighted by Crippen LogP contribution is 2.26. The fourth-order valence-electron chi connectivity index (χ4n) is 3.65. The lowest BCUT2D eigenvalue weighted by Gasteiger charge is -2.23. The van der Waals surface area contributed by atoms with Crippen LogP contribution in [-0.4, -0.2) is 46.9 Å². The van der Waals surface area contributed by atoms with E-state index in [4.69, 9.17) is 16.3 Å². The quantitative estimate of drug-likeness (QED) is 0.589. The Labute approximate surface area is 181 Å². The summed E-state index contributed by atoms with van der Waals surface area (Å²) in [5.74, 6) is 1.60. The van der Waals surface area contributed by atoms with E-state index in [9.17, 15) is 4.79 Å². The summed E-state index contributed by atoms with van der Waals surface area (Å²) in [6, 6.07) is 19.0. The molecule has 0 unspecified atom stereocenters. The molecule has 0 radical (unpaired) electrons. The molecule has 30 heavy (non-hydrogen) atoms. The third-order valence-corrected chi connectivity index (χ3v) is 5.41. The molecular weight excluding hydrogens is 398 g/mol. The molecule has 2 heterocycles. The van der Waals surface area contributed by atoms with Gasteiger partial charge in [0, 0.05) is 55.1 Å². The molecule has 0 spiro atoms. The van der Waals surface area contributed by atoms with Crippen molar-refractivity contribution in [2.75, 3.05) is 26.2 Å². The first-order chi connectivity index (χ1) is 14.7. The fraction of sp³-hybridized carbons (Fsp3) is 0.250. The predicted molar refractivity (Wildman–Crippen MR) is 118 cm³/mol. The Kier molecular flexibility index (Phi) is 6.62. The van der Waals surface area contributed by atoms with Crippen molar-refractivity contribution >= 4 is 17.5 Å². The van der Waals surface area contributed by atoms with Gasteiger partial charge in [-0.05, 0) is 42.8 Å². The minimum atomic E-state index is 0.0414. The molecule has 154 valence electrons. The minimum absolute atomic E-state index is 0.0414. The van der Waals surface area contributed by atoms with E-state index in [1.54, 1.807) is 24.5 Å². The Balaban J connectivity index is 1.40. The number of hydrogen-bond acceptors (Lipinski definition) is 4. The van der Waals surface area contributed by atoms with Crippen LogP contribution in [0.3, 0.4) is 0 Å². The van der Waals surface area contributed by atoms with E-state index in [1.807, 2.05) is 47.4 Å². The van der Waals surface area contributed by atoms with Gasteiger partial charge < -0.3 is 9.64 Å². The molecule has 6 heteroatoms. The van der Waals surface area contributed by atoms with Gasteiger partial charge in [-0.25, -0.2) is 0 Å². The summed E-state index contributed by atoms with van der Waals surface area (Å²) in [5.41, 5.74) is 1.77. The lowest BCUT2D eigenvalue weighted by Crippen LogP contribution is -2.35. The van der Waals surface area contributed by atoms with E-state index in [2.05, 4.69) is 16.0 Å². The summed E-state index contributed by atoms with van der Waals surface area (Å²) in [6.45, 7) is 3.95. The van der Waals surface area contributed by atoms with Gasteiger partial charge in [-0.1, -0.05) is 35.9 Å². The summed E-state index contributed by atoms with van der Waals surface area (Å²) >= 11 is 6.05. The molecular formula is C24H24ClN3O2. The standard InChI is InChI=1S/C24H24ClN3O2/c25-21-8-3-7-19(16-21)24(29)28-13-5-12-27(14-15-28)18-20-6-1-2-10-23(20)30-22-9-4-11-26-17-22/h1-4,6-11,16-17H,5,12-15,18H2. The Morgan fingerprint density at radius 2 is 1.90 bits per heavy atom.